The van der Waals surface area contributed by atoms with Gasteiger partial charge in [-0.05, 0) is 27.7 Å². The first-order chi connectivity index (χ1) is 10.1. The quantitative estimate of drug-likeness (QED) is 0.775. The van der Waals surface area contributed by atoms with Gasteiger partial charge in [-0.15, -0.1) is 0 Å². The van der Waals surface area contributed by atoms with Gasteiger partial charge in [0.2, 0.25) is 0 Å². The zero-order valence-corrected chi connectivity index (χ0v) is 13.1. The molecule has 8 heteroatoms. The third-order valence-corrected chi connectivity index (χ3v) is 3.19. The van der Waals surface area contributed by atoms with E-state index >= 15 is 0 Å². The van der Waals surface area contributed by atoms with Crippen LogP contribution >= 0.6 is 0 Å². The van der Waals surface area contributed by atoms with Crippen molar-refractivity contribution in [3.8, 4) is 0 Å². The molecule has 1 fully saturated rings. The molecule has 122 valence electrons. The van der Waals surface area contributed by atoms with Crippen LogP contribution in [0.25, 0.3) is 0 Å². The largest absolute Gasteiger partial charge is 0.458 e. The van der Waals surface area contributed by atoms with Crippen molar-refractivity contribution in [3.05, 3.63) is 12.3 Å². The van der Waals surface area contributed by atoms with Crippen LogP contribution < -0.4 is 4.90 Å². The molecule has 1 aliphatic rings. The molecule has 1 aliphatic heterocycles. The van der Waals surface area contributed by atoms with Crippen LogP contribution in [-0.2, 0) is 19.1 Å². The minimum atomic E-state index is -2.08. The monoisotopic (exact) mass is 311 g/mol. The first kappa shape index (κ1) is 16.4. The zero-order chi connectivity index (χ0) is 16.5. The summed E-state index contributed by atoms with van der Waals surface area (Å²) in [6.07, 6.45) is 0.179. The zero-order valence-electron chi connectivity index (χ0n) is 13.1. The van der Waals surface area contributed by atoms with Crippen molar-refractivity contribution in [3.63, 3.8) is 0 Å². The summed E-state index contributed by atoms with van der Waals surface area (Å²) in [4.78, 5) is 26.1. The molecule has 0 aliphatic carbocycles. The van der Waals surface area contributed by atoms with Crippen LogP contribution in [0.3, 0.4) is 0 Å². The molecule has 2 heterocycles. The smallest absolute Gasteiger partial charge is 0.341 e. The van der Waals surface area contributed by atoms with Gasteiger partial charge in [0.1, 0.15) is 11.4 Å². The van der Waals surface area contributed by atoms with Gasteiger partial charge in [-0.25, -0.2) is 4.79 Å². The van der Waals surface area contributed by atoms with E-state index in [-0.39, 0.29) is 6.61 Å². The van der Waals surface area contributed by atoms with Gasteiger partial charge in [-0.2, -0.15) is 5.10 Å². The summed E-state index contributed by atoms with van der Waals surface area (Å²) in [5.41, 5.74) is -2.86. The van der Waals surface area contributed by atoms with Gasteiger partial charge in [-0.3, -0.25) is 14.8 Å². The van der Waals surface area contributed by atoms with E-state index in [1.165, 1.54) is 18.0 Å². The highest BCUT2D eigenvalue weighted by molar-refractivity contribution is 6.01. The van der Waals surface area contributed by atoms with Crippen molar-refractivity contribution >= 4 is 17.7 Å². The van der Waals surface area contributed by atoms with E-state index in [0.717, 1.165) is 0 Å². The van der Waals surface area contributed by atoms with Crippen LogP contribution in [0.1, 0.15) is 27.7 Å². The summed E-state index contributed by atoms with van der Waals surface area (Å²) in [5, 5.41) is 17.0. The second-order valence-electron chi connectivity index (χ2n) is 6.33. The third kappa shape index (κ3) is 3.28. The lowest BCUT2D eigenvalue weighted by molar-refractivity contribution is -0.194. The summed E-state index contributed by atoms with van der Waals surface area (Å²) in [5.74, 6) is -0.936. The molecule has 1 aromatic rings. The molecule has 0 bridgehead atoms. The number of nitrogens with one attached hydrogen (secondary N) is 1. The number of aromatic nitrogens is 2. The number of aromatic amines is 1. The lowest BCUT2D eigenvalue weighted by Crippen LogP contribution is -2.61. The van der Waals surface area contributed by atoms with Gasteiger partial charge >= 0.3 is 5.97 Å². The lowest BCUT2D eigenvalue weighted by atomic mass is 9.96. The Morgan fingerprint density at radius 2 is 2.18 bits per heavy atom. The van der Waals surface area contributed by atoms with Crippen molar-refractivity contribution in [2.75, 3.05) is 18.1 Å². The SMILES string of the molecule is CC(C)(C)OC(=O)[C@](C)(O)[C@H]1OCCN(c2ccn[nH]2)C1=O. The number of anilines is 1. The Morgan fingerprint density at radius 3 is 2.73 bits per heavy atom. The second kappa shape index (κ2) is 5.69. The first-order valence-corrected chi connectivity index (χ1v) is 7.01. The number of carbonyl (C=O) groups is 2. The average Bonchev–Trinajstić information content (AvgIpc) is 2.90. The normalized spacial score (nSPS) is 22.3. The average molecular weight is 311 g/mol. The van der Waals surface area contributed by atoms with E-state index < -0.39 is 29.2 Å². The molecule has 1 saturated heterocycles. The standard InChI is InChI=1S/C14H21N3O5/c1-13(2,3)22-12(19)14(4,20)10-11(18)17(7-8-21-10)9-5-6-15-16-9/h5-6,10,20H,7-8H2,1-4H3,(H,15,16)/t10-,14+/m0/s1. The maximum absolute atomic E-state index is 12.5. The Kier molecular flexibility index (Phi) is 4.25. The molecule has 0 unspecified atom stereocenters. The van der Waals surface area contributed by atoms with Crippen LogP contribution in [0.2, 0.25) is 0 Å². The van der Waals surface area contributed by atoms with Crippen LogP contribution in [0.4, 0.5) is 5.82 Å². The number of morpholine rings is 1. The number of H-pyrrole nitrogens is 1. The van der Waals surface area contributed by atoms with E-state index in [1.807, 2.05) is 0 Å². The van der Waals surface area contributed by atoms with Crippen molar-refractivity contribution in [2.24, 2.45) is 0 Å². The van der Waals surface area contributed by atoms with Crippen molar-refractivity contribution < 1.29 is 24.2 Å². The number of nitrogens with zero attached hydrogens (tertiary/aromatic N) is 2. The number of carbonyl (C=O) groups excluding carboxylic acids is 2. The number of rotatable bonds is 3. The Bertz CT molecular complexity index is 547. The van der Waals surface area contributed by atoms with E-state index in [9.17, 15) is 14.7 Å². The molecule has 2 rings (SSSR count). The predicted molar refractivity (Wildman–Crippen MR) is 77.1 cm³/mol. The molecule has 8 nitrogen and oxygen atoms in total. The van der Waals surface area contributed by atoms with Gasteiger partial charge in [-0.1, -0.05) is 0 Å². The molecule has 1 aromatic heterocycles. The highest BCUT2D eigenvalue weighted by atomic mass is 16.6. The molecule has 0 aromatic carbocycles. The van der Waals surface area contributed by atoms with Crippen LogP contribution in [0, 0.1) is 0 Å². The first-order valence-electron chi connectivity index (χ1n) is 7.01. The molecule has 0 radical (unpaired) electrons. The number of ether oxygens (including phenoxy) is 2. The van der Waals surface area contributed by atoms with Crippen LogP contribution in [0.15, 0.2) is 12.3 Å². The number of amides is 1. The maximum atomic E-state index is 12.5. The third-order valence-electron chi connectivity index (χ3n) is 3.19. The Morgan fingerprint density at radius 1 is 1.50 bits per heavy atom. The summed E-state index contributed by atoms with van der Waals surface area (Å²) in [6, 6.07) is 1.63. The predicted octanol–water partition coefficient (Wildman–Crippen LogP) is 0.234. The topological polar surface area (TPSA) is 105 Å². The molecule has 22 heavy (non-hydrogen) atoms. The second-order valence-corrected chi connectivity index (χ2v) is 6.33. The number of aliphatic hydroxyl groups is 1. The maximum Gasteiger partial charge on any atom is 0.341 e. The summed E-state index contributed by atoms with van der Waals surface area (Å²) < 4.78 is 10.5. The van der Waals surface area contributed by atoms with Gasteiger partial charge in [0.25, 0.3) is 5.91 Å². The van der Waals surface area contributed by atoms with Crippen LogP contribution in [-0.4, -0.2) is 57.6 Å². The van der Waals surface area contributed by atoms with E-state index in [1.54, 1.807) is 26.8 Å². The van der Waals surface area contributed by atoms with Gasteiger partial charge in [0.15, 0.2) is 11.7 Å². The fraction of sp³-hybridized carbons (Fsp3) is 0.643. The number of hydrogen-bond donors (Lipinski definition) is 2. The molecular weight excluding hydrogens is 290 g/mol. The molecule has 2 N–H and O–H groups in total. The number of hydrogen-bond acceptors (Lipinski definition) is 6. The van der Waals surface area contributed by atoms with E-state index in [0.29, 0.717) is 12.4 Å². The number of esters is 1. The minimum Gasteiger partial charge on any atom is -0.458 e. The lowest BCUT2D eigenvalue weighted by Gasteiger charge is -2.38. The molecular formula is C14H21N3O5. The molecule has 0 spiro atoms. The fourth-order valence-electron chi connectivity index (χ4n) is 2.11. The highest BCUT2D eigenvalue weighted by Crippen LogP contribution is 2.25. The Labute approximate surface area is 128 Å². The summed E-state index contributed by atoms with van der Waals surface area (Å²) >= 11 is 0. The van der Waals surface area contributed by atoms with Crippen molar-refractivity contribution in [1.82, 2.24) is 10.2 Å². The van der Waals surface area contributed by atoms with Crippen LogP contribution in [0.5, 0.6) is 0 Å². The molecule has 2 atom stereocenters. The van der Waals surface area contributed by atoms with E-state index in [4.69, 9.17) is 9.47 Å². The van der Waals surface area contributed by atoms with E-state index in [2.05, 4.69) is 10.2 Å². The minimum absolute atomic E-state index is 0.189. The molecule has 1 amide bonds. The Balaban J connectivity index is 2.19. The Hall–Kier alpha value is -1.93. The van der Waals surface area contributed by atoms with Gasteiger partial charge in [0, 0.05) is 6.07 Å². The van der Waals surface area contributed by atoms with Gasteiger partial charge < -0.3 is 14.6 Å². The molecule has 0 saturated carbocycles. The fourth-order valence-corrected chi connectivity index (χ4v) is 2.11. The highest BCUT2D eigenvalue weighted by Gasteiger charge is 2.50. The van der Waals surface area contributed by atoms with Crippen molar-refractivity contribution in [1.29, 1.82) is 0 Å². The summed E-state index contributed by atoms with van der Waals surface area (Å²) in [6.45, 7) is 6.76. The van der Waals surface area contributed by atoms with Crippen molar-refractivity contribution in [2.45, 2.75) is 45.0 Å². The van der Waals surface area contributed by atoms with Gasteiger partial charge in [0.05, 0.1) is 19.3 Å². The summed E-state index contributed by atoms with van der Waals surface area (Å²) in [7, 11) is 0.